The molecule has 3 N–H and O–H groups in total. The fourth-order valence-corrected chi connectivity index (χ4v) is 8.26. The smallest absolute Gasteiger partial charge is 0.305 e. The van der Waals surface area contributed by atoms with E-state index in [1.54, 1.807) is 6.08 Å². The lowest BCUT2D eigenvalue weighted by Crippen LogP contribution is -2.45. The summed E-state index contributed by atoms with van der Waals surface area (Å²) in [4.78, 5) is 24.4. The summed E-state index contributed by atoms with van der Waals surface area (Å²) in [5.41, 5.74) is 0. The van der Waals surface area contributed by atoms with Gasteiger partial charge in [-0.05, 0) is 51.4 Å². The molecule has 61 heavy (non-hydrogen) atoms. The summed E-state index contributed by atoms with van der Waals surface area (Å²) in [7, 11) is 0. The highest BCUT2D eigenvalue weighted by Crippen LogP contribution is 2.16. The van der Waals surface area contributed by atoms with Crippen LogP contribution in [0.3, 0.4) is 0 Å². The number of rotatable bonds is 50. The molecule has 0 aromatic carbocycles. The normalized spacial score (nSPS) is 12.8. The number of ether oxygens (including phenoxy) is 1. The SMILES string of the molecule is CCCC/C=C\CCCCCCCC(=O)OCCCCCCCCCCCCCCCCCCCCC(=O)NC(CO)C(O)/C=C/CCCCCCCCCCCCCCC. The number of carbonyl (C=O) groups excluding carboxylic acids is 2. The molecule has 6 heteroatoms. The van der Waals surface area contributed by atoms with E-state index in [2.05, 4.69) is 31.3 Å². The van der Waals surface area contributed by atoms with Crippen molar-refractivity contribution in [2.75, 3.05) is 13.2 Å². The zero-order valence-electron chi connectivity index (χ0n) is 40.9. The number of amides is 1. The third-order valence-electron chi connectivity index (χ3n) is 12.5. The topological polar surface area (TPSA) is 95.9 Å². The highest BCUT2D eigenvalue weighted by atomic mass is 16.5. The number of esters is 1. The van der Waals surface area contributed by atoms with Crippen molar-refractivity contribution in [3.8, 4) is 0 Å². The van der Waals surface area contributed by atoms with Crippen molar-refractivity contribution < 1.29 is 24.5 Å². The molecule has 0 bridgehead atoms. The first-order valence-electron chi connectivity index (χ1n) is 27.1. The van der Waals surface area contributed by atoms with Gasteiger partial charge in [-0.25, -0.2) is 0 Å². The summed E-state index contributed by atoms with van der Waals surface area (Å²) in [6.45, 7) is 4.86. The Labute approximate surface area is 380 Å². The molecule has 0 radical (unpaired) electrons. The van der Waals surface area contributed by atoms with E-state index < -0.39 is 12.1 Å². The molecule has 0 saturated heterocycles. The second-order valence-corrected chi connectivity index (χ2v) is 18.6. The van der Waals surface area contributed by atoms with E-state index in [0.29, 0.717) is 19.4 Å². The van der Waals surface area contributed by atoms with Crippen LogP contribution in [0, 0.1) is 0 Å². The van der Waals surface area contributed by atoms with Crippen LogP contribution in [0.2, 0.25) is 0 Å². The summed E-state index contributed by atoms with van der Waals surface area (Å²) in [5, 5.41) is 23.1. The minimum atomic E-state index is -0.846. The minimum absolute atomic E-state index is 0.00477. The molecular formula is C55H105NO5. The van der Waals surface area contributed by atoms with Crippen molar-refractivity contribution >= 4 is 11.9 Å². The predicted molar refractivity (Wildman–Crippen MR) is 264 cm³/mol. The monoisotopic (exact) mass is 860 g/mol. The van der Waals surface area contributed by atoms with Crippen LogP contribution in [-0.2, 0) is 14.3 Å². The molecule has 6 nitrogen and oxygen atoms in total. The fraction of sp³-hybridized carbons (Fsp3) is 0.891. The molecule has 0 aliphatic rings. The minimum Gasteiger partial charge on any atom is -0.466 e. The Kier molecular flexibility index (Phi) is 49.6. The Bertz CT molecular complexity index is 951. The van der Waals surface area contributed by atoms with E-state index in [0.717, 1.165) is 44.9 Å². The molecule has 1 amide bonds. The Morgan fingerprint density at radius 1 is 0.443 bits per heavy atom. The molecule has 2 unspecified atom stereocenters. The number of hydrogen-bond donors (Lipinski definition) is 3. The molecule has 0 fully saturated rings. The number of allylic oxidation sites excluding steroid dienone is 3. The first kappa shape index (κ1) is 59.3. The van der Waals surface area contributed by atoms with Crippen LogP contribution in [-0.4, -0.2) is 47.4 Å². The van der Waals surface area contributed by atoms with Gasteiger partial charge in [-0.1, -0.05) is 250 Å². The predicted octanol–water partition coefficient (Wildman–Crippen LogP) is 16.3. The Morgan fingerprint density at radius 3 is 1.21 bits per heavy atom. The number of carbonyl (C=O) groups is 2. The van der Waals surface area contributed by atoms with Gasteiger partial charge in [0.1, 0.15) is 0 Å². The lowest BCUT2D eigenvalue weighted by Gasteiger charge is -2.20. The van der Waals surface area contributed by atoms with Gasteiger partial charge in [0.05, 0.1) is 25.4 Å². The standard InChI is InChI=1S/C55H105NO5/c1-3-5-7-9-11-13-15-16-21-24-28-31-35-39-43-47-53(58)52(51-57)56-54(59)48-44-40-36-32-29-25-22-19-17-18-20-23-26-30-34-38-42-46-50-61-55(60)49-45-41-37-33-27-14-12-10-8-6-4-2/h10,12,43,47,52-53,57-58H,3-9,11,13-42,44-46,48-51H2,1-2H3,(H,56,59)/b12-10-,47-43+. The summed E-state index contributed by atoms with van der Waals surface area (Å²) in [5.74, 6) is -0.0762. The molecule has 0 heterocycles. The van der Waals surface area contributed by atoms with Crippen LogP contribution in [0.15, 0.2) is 24.3 Å². The molecule has 0 spiro atoms. The van der Waals surface area contributed by atoms with Crippen LogP contribution >= 0.6 is 0 Å². The van der Waals surface area contributed by atoms with Gasteiger partial charge < -0.3 is 20.3 Å². The van der Waals surface area contributed by atoms with Crippen molar-refractivity contribution in [1.29, 1.82) is 0 Å². The van der Waals surface area contributed by atoms with Crippen molar-refractivity contribution in [3.63, 3.8) is 0 Å². The molecule has 0 aromatic rings. The number of hydrogen-bond acceptors (Lipinski definition) is 5. The highest BCUT2D eigenvalue weighted by molar-refractivity contribution is 5.76. The van der Waals surface area contributed by atoms with Gasteiger partial charge in [0.2, 0.25) is 5.91 Å². The van der Waals surface area contributed by atoms with E-state index in [1.807, 2.05) is 6.08 Å². The largest absolute Gasteiger partial charge is 0.466 e. The molecule has 360 valence electrons. The van der Waals surface area contributed by atoms with E-state index in [1.165, 1.54) is 218 Å². The summed E-state index contributed by atoms with van der Waals surface area (Å²) < 4.78 is 5.45. The van der Waals surface area contributed by atoms with Crippen molar-refractivity contribution in [3.05, 3.63) is 24.3 Å². The van der Waals surface area contributed by atoms with E-state index in [4.69, 9.17) is 4.74 Å². The van der Waals surface area contributed by atoms with Crippen LogP contribution < -0.4 is 5.32 Å². The maximum absolute atomic E-state index is 12.4. The zero-order valence-corrected chi connectivity index (χ0v) is 40.9. The van der Waals surface area contributed by atoms with Crippen molar-refractivity contribution in [2.45, 2.75) is 302 Å². The summed E-state index contributed by atoms with van der Waals surface area (Å²) >= 11 is 0. The van der Waals surface area contributed by atoms with Gasteiger partial charge in [0.25, 0.3) is 0 Å². The fourth-order valence-electron chi connectivity index (χ4n) is 8.26. The molecule has 0 aliphatic carbocycles. The lowest BCUT2D eigenvalue weighted by atomic mass is 10.0. The molecule has 0 rings (SSSR count). The Balaban J connectivity index is 3.45. The Hall–Kier alpha value is -1.66. The second-order valence-electron chi connectivity index (χ2n) is 18.6. The van der Waals surface area contributed by atoms with Gasteiger partial charge in [0.15, 0.2) is 0 Å². The highest BCUT2D eigenvalue weighted by Gasteiger charge is 2.18. The Morgan fingerprint density at radius 2 is 0.787 bits per heavy atom. The number of nitrogens with one attached hydrogen (secondary N) is 1. The van der Waals surface area contributed by atoms with E-state index >= 15 is 0 Å². The quantitative estimate of drug-likeness (QED) is 0.0322. The van der Waals surface area contributed by atoms with Gasteiger partial charge >= 0.3 is 5.97 Å². The van der Waals surface area contributed by atoms with Gasteiger partial charge in [-0.15, -0.1) is 0 Å². The van der Waals surface area contributed by atoms with Gasteiger partial charge in [0, 0.05) is 12.8 Å². The third kappa shape index (κ3) is 47.7. The van der Waals surface area contributed by atoms with Crippen molar-refractivity contribution in [1.82, 2.24) is 5.32 Å². The molecule has 0 aromatic heterocycles. The first-order valence-corrected chi connectivity index (χ1v) is 27.1. The number of unbranched alkanes of at least 4 members (excludes halogenated alkanes) is 37. The van der Waals surface area contributed by atoms with Gasteiger partial charge in [-0.3, -0.25) is 9.59 Å². The van der Waals surface area contributed by atoms with Gasteiger partial charge in [-0.2, -0.15) is 0 Å². The summed E-state index contributed by atoms with van der Waals surface area (Å²) in [6, 6.07) is -0.630. The maximum atomic E-state index is 12.4. The van der Waals surface area contributed by atoms with Crippen LogP contribution in [0.25, 0.3) is 0 Å². The first-order chi connectivity index (χ1) is 30.0. The average Bonchev–Trinajstić information content (AvgIpc) is 3.26. The van der Waals surface area contributed by atoms with Crippen molar-refractivity contribution in [2.24, 2.45) is 0 Å². The third-order valence-corrected chi connectivity index (χ3v) is 12.5. The maximum Gasteiger partial charge on any atom is 0.305 e. The average molecular weight is 860 g/mol. The summed E-state index contributed by atoms with van der Waals surface area (Å²) in [6.07, 6.45) is 60.4. The number of aliphatic hydroxyl groups is 2. The number of aliphatic hydroxyl groups excluding tert-OH is 2. The molecular weight excluding hydrogens is 755 g/mol. The van der Waals surface area contributed by atoms with E-state index in [9.17, 15) is 19.8 Å². The van der Waals surface area contributed by atoms with Crippen LogP contribution in [0.1, 0.15) is 290 Å². The molecule has 0 saturated carbocycles. The zero-order chi connectivity index (χ0) is 44.4. The lowest BCUT2D eigenvalue weighted by molar-refractivity contribution is -0.143. The van der Waals surface area contributed by atoms with Crippen LogP contribution in [0.4, 0.5) is 0 Å². The van der Waals surface area contributed by atoms with E-state index in [-0.39, 0.29) is 18.5 Å². The molecule has 0 aliphatic heterocycles. The van der Waals surface area contributed by atoms with Crippen LogP contribution in [0.5, 0.6) is 0 Å². The molecule has 2 atom stereocenters. The second kappa shape index (κ2) is 51.0.